The summed E-state index contributed by atoms with van der Waals surface area (Å²) in [5.74, 6) is 0. The normalized spacial score (nSPS) is 21.2. The molecular formula is C15H25N5OS. The van der Waals surface area contributed by atoms with E-state index in [1.807, 2.05) is 11.8 Å². The zero-order valence-corrected chi connectivity index (χ0v) is 14.4. The molecule has 0 unspecified atom stereocenters. The number of carbonyl (C=O) groups excluding carboxylic acids is 1. The molecule has 2 saturated heterocycles. The molecule has 7 heteroatoms. The molecule has 0 radical (unpaired) electrons. The van der Waals surface area contributed by atoms with Crippen molar-refractivity contribution in [3.63, 3.8) is 0 Å². The Balaban J connectivity index is 1.41. The van der Waals surface area contributed by atoms with E-state index in [-0.39, 0.29) is 6.03 Å². The molecule has 3 heterocycles. The first-order valence-corrected chi connectivity index (χ1v) is 8.81. The standard InChI is InChI=1S/C15H25N5OS/c1-11(2)18-4-6-19(7-5-18)13-9-20(10-13)15(21)17-14-16-8-12(3)22-14/h8,11,13H,4-7,9-10H2,1-3H3,(H,16,17,21). The first-order valence-electron chi connectivity index (χ1n) is 7.99. The zero-order chi connectivity index (χ0) is 15.7. The lowest BCUT2D eigenvalue weighted by Gasteiger charge is -2.48. The Bertz CT molecular complexity index is 518. The first-order chi connectivity index (χ1) is 10.5. The number of hydrogen-bond acceptors (Lipinski definition) is 5. The maximum atomic E-state index is 12.1. The van der Waals surface area contributed by atoms with E-state index in [4.69, 9.17) is 0 Å². The van der Waals surface area contributed by atoms with Crippen molar-refractivity contribution >= 4 is 22.5 Å². The van der Waals surface area contributed by atoms with Crippen LogP contribution in [0.5, 0.6) is 0 Å². The number of hydrogen-bond donors (Lipinski definition) is 1. The van der Waals surface area contributed by atoms with Gasteiger partial charge in [0.25, 0.3) is 0 Å². The molecule has 0 saturated carbocycles. The molecule has 0 spiro atoms. The largest absolute Gasteiger partial charge is 0.323 e. The van der Waals surface area contributed by atoms with Crippen molar-refractivity contribution in [3.8, 4) is 0 Å². The van der Waals surface area contributed by atoms with Gasteiger partial charge in [0, 0.05) is 62.4 Å². The SMILES string of the molecule is Cc1cnc(NC(=O)N2CC(N3CCN(C(C)C)CC3)C2)s1. The molecule has 0 bridgehead atoms. The molecular weight excluding hydrogens is 298 g/mol. The van der Waals surface area contributed by atoms with Crippen LogP contribution in [0.2, 0.25) is 0 Å². The summed E-state index contributed by atoms with van der Waals surface area (Å²) >= 11 is 1.51. The summed E-state index contributed by atoms with van der Waals surface area (Å²) in [5.41, 5.74) is 0. The smallest absolute Gasteiger partial charge is 0.321 e. The molecule has 6 nitrogen and oxygen atoms in total. The van der Waals surface area contributed by atoms with Crippen LogP contribution in [0, 0.1) is 6.92 Å². The molecule has 2 fully saturated rings. The fraction of sp³-hybridized carbons (Fsp3) is 0.733. The Hall–Kier alpha value is -1.18. The topological polar surface area (TPSA) is 51.7 Å². The van der Waals surface area contributed by atoms with Crippen molar-refractivity contribution in [2.24, 2.45) is 0 Å². The number of thiazole rings is 1. The molecule has 0 aromatic carbocycles. The number of carbonyl (C=O) groups is 1. The second-order valence-electron chi connectivity index (χ2n) is 6.43. The highest BCUT2D eigenvalue weighted by Crippen LogP contribution is 2.21. The van der Waals surface area contributed by atoms with E-state index >= 15 is 0 Å². The number of rotatable bonds is 3. The monoisotopic (exact) mass is 323 g/mol. The van der Waals surface area contributed by atoms with Gasteiger partial charge in [-0.05, 0) is 20.8 Å². The Morgan fingerprint density at radius 3 is 2.55 bits per heavy atom. The third-order valence-corrected chi connectivity index (χ3v) is 5.41. The van der Waals surface area contributed by atoms with E-state index < -0.39 is 0 Å². The number of amides is 2. The predicted octanol–water partition coefficient (Wildman–Crippen LogP) is 1.69. The lowest BCUT2D eigenvalue weighted by atomic mass is 10.1. The lowest BCUT2D eigenvalue weighted by Crippen LogP contribution is -2.65. The summed E-state index contributed by atoms with van der Waals surface area (Å²) in [4.78, 5) is 24.3. The van der Waals surface area contributed by atoms with Crippen LogP contribution in [0.15, 0.2) is 6.20 Å². The molecule has 22 heavy (non-hydrogen) atoms. The maximum Gasteiger partial charge on any atom is 0.323 e. The molecule has 2 aliphatic heterocycles. The van der Waals surface area contributed by atoms with Gasteiger partial charge in [-0.2, -0.15) is 0 Å². The fourth-order valence-electron chi connectivity index (χ4n) is 3.05. The molecule has 0 aliphatic carbocycles. The Kier molecular flexibility index (Phi) is 4.65. The van der Waals surface area contributed by atoms with Gasteiger partial charge in [-0.3, -0.25) is 15.1 Å². The van der Waals surface area contributed by atoms with Gasteiger partial charge < -0.3 is 4.90 Å². The van der Waals surface area contributed by atoms with Crippen molar-refractivity contribution in [2.75, 3.05) is 44.6 Å². The molecule has 2 aliphatic rings. The van der Waals surface area contributed by atoms with E-state index in [0.29, 0.717) is 17.2 Å². The highest BCUT2D eigenvalue weighted by atomic mass is 32.1. The molecule has 122 valence electrons. The summed E-state index contributed by atoms with van der Waals surface area (Å²) in [6.45, 7) is 12.7. The van der Waals surface area contributed by atoms with E-state index in [1.54, 1.807) is 6.20 Å². The van der Waals surface area contributed by atoms with E-state index in [0.717, 1.165) is 44.1 Å². The maximum absolute atomic E-state index is 12.1. The average molecular weight is 323 g/mol. The molecule has 1 aromatic rings. The number of piperazine rings is 1. The molecule has 1 aromatic heterocycles. The van der Waals surface area contributed by atoms with Crippen molar-refractivity contribution in [1.82, 2.24) is 19.7 Å². The number of likely N-dealkylation sites (tertiary alicyclic amines) is 1. The van der Waals surface area contributed by atoms with E-state index in [1.165, 1.54) is 11.3 Å². The zero-order valence-electron chi connectivity index (χ0n) is 13.6. The van der Waals surface area contributed by atoms with Crippen molar-refractivity contribution in [3.05, 3.63) is 11.1 Å². The minimum absolute atomic E-state index is 0.0218. The minimum Gasteiger partial charge on any atom is -0.321 e. The van der Waals surface area contributed by atoms with Crippen LogP contribution in [0.3, 0.4) is 0 Å². The number of anilines is 1. The fourth-order valence-corrected chi connectivity index (χ4v) is 3.71. The highest BCUT2D eigenvalue weighted by Gasteiger charge is 2.36. The van der Waals surface area contributed by atoms with Gasteiger partial charge >= 0.3 is 6.03 Å². The summed E-state index contributed by atoms with van der Waals surface area (Å²) in [7, 11) is 0. The van der Waals surface area contributed by atoms with E-state index in [2.05, 4.69) is 33.9 Å². The van der Waals surface area contributed by atoms with Gasteiger partial charge in [0.1, 0.15) is 0 Å². The van der Waals surface area contributed by atoms with Gasteiger partial charge in [0.2, 0.25) is 0 Å². The van der Waals surface area contributed by atoms with Gasteiger partial charge in [-0.15, -0.1) is 11.3 Å². The van der Waals surface area contributed by atoms with Gasteiger partial charge in [0.05, 0.1) is 0 Å². The summed E-state index contributed by atoms with van der Waals surface area (Å²) < 4.78 is 0. The van der Waals surface area contributed by atoms with E-state index in [9.17, 15) is 4.79 Å². The number of nitrogens with zero attached hydrogens (tertiary/aromatic N) is 4. The number of nitrogens with one attached hydrogen (secondary N) is 1. The van der Waals surface area contributed by atoms with Crippen molar-refractivity contribution < 1.29 is 4.79 Å². The van der Waals surface area contributed by atoms with Gasteiger partial charge in [-0.1, -0.05) is 0 Å². The van der Waals surface area contributed by atoms with Crippen LogP contribution >= 0.6 is 11.3 Å². The number of aromatic nitrogens is 1. The lowest BCUT2D eigenvalue weighted by molar-refractivity contribution is 0.0187. The Morgan fingerprint density at radius 1 is 1.32 bits per heavy atom. The van der Waals surface area contributed by atoms with Gasteiger partial charge in [0.15, 0.2) is 5.13 Å². The summed E-state index contributed by atoms with van der Waals surface area (Å²) in [6, 6.07) is 1.14. The van der Waals surface area contributed by atoms with Crippen molar-refractivity contribution in [2.45, 2.75) is 32.9 Å². The van der Waals surface area contributed by atoms with Crippen LogP contribution in [-0.4, -0.2) is 77.1 Å². The van der Waals surface area contributed by atoms with Crippen LogP contribution in [0.1, 0.15) is 18.7 Å². The molecule has 0 atom stereocenters. The average Bonchev–Trinajstić information content (AvgIpc) is 2.83. The second-order valence-corrected chi connectivity index (χ2v) is 7.67. The summed E-state index contributed by atoms with van der Waals surface area (Å²) in [6.07, 6.45) is 1.79. The van der Waals surface area contributed by atoms with Crippen LogP contribution < -0.4 is 5.32 Å². The molecule has 1 N–H and O–H groups in total. The third-order valence-electron chi connectivity index (χ3n) is 4.58. The first kappa shape index (κ1) is 15.7. The quantitative estimate of drug-likeness (QED) is 0.920. The van der Waals surface area contributed by atoms with Crippen molar-refractivity contribution in [1.29, 1.82) is 0 Å². The summed E-state index contributed by atoms with van der Waals surface area (Å²) in [5, 5.41) is 3.57. The van der Waals surface area contributed by atoms with Gasteiger partial charge in [-0.25, -0.2) is 9.78 Å². The Morgan fingerprint density at radius 2 is 2.00 bits per heavy atom. The highest BCUT2D eigenvalue weighted by molar-refractivity contribution is 7.15. The molecule has 3 rings (SSSR count). The van der Waals surface area contributed by atoms with Crippen LogP contribution in [0.25, 0.3) is 0 Å². The van der Waals surface area contributed by atoms with Crippen LogP contribution in [-0.2, 0) is 0 Å². The predicted molar refractivity (Wildman–Crippen MR) is 89.5 cm³/mol. The molecule has 2 amide bonds. The second kappa shape index (κ2) is 6.52. The van der Waals surface area contributed by atoms with Crippen LogP contribution in [0.4, 0.5) is 9.93 Å². The third kappa shape index (κ3) is 3.42. The number of urea groups is 1. The Labute approximate surface area is 136 Å². The number of aryl methyl sites for hydroxylation is 1. The minimum atomic E-state index is -0.0218.